The molecule has 6 nitrogen and oxygen atoms in total. The highest BCUT2D eigenvalue weighted by atomic mass is 19.1. The zero-order chi connectivity index (χ0) is 21.0. The highest BCUT2D eigenvalue weighted by Gasteiger charge is 2.38. The summed E-state index contributed by atoms with van der Waals surface area (Å²) in [6.07, 6.45) is -0.981. The van der Waals surface area contributed by atoms with Gasteiger partial charge >= 0.3 is 5.97 Å². The maximum atomic E-state index is 12.9. The van der Waals surface area contributed by atoms with Crippen LogP contribution in [0.2, 0.25) is 0 Å². The van der Waals surface area contributed by atoms with Gasteiger partial charge in [-0.15, -0.1) is 0 Å². The van der Waals surface area contributed by atoms with Crippen molar-refractivity contribution >= 4 is 23.5 Å². The van der Waals surface area contributed by atoms with Crippen molar-refractivity contribution in [1.29, 1.82) is 0 Å². The average Bonchev–Trinajstić information content (AvgIpc) is 3.11. The number of carbonyl (C=O) groups is 3. The predicted molar refractivity (Wildman–Crippen MR) is 105 cm³/mol. The van der Waals surface area contributed by atoms with Crippen LogP contribution in [0.3, 0.4) is 0 Å². The van der Waals surface area contributed by atoms with Crippen LogP contribution >= 0.6 is 0 Å². The number of nitrogens with one attached hydrogen (secondary N) is 1. The summed E-state index contributed by atoms with van der Waals surface area (Å²) < 4.78 is 18.2. The summed E-state index contributed by atoms with van der Waals surface area (Å²) in [5, 5.41) is 2.56. The number of likely N-dealkylation sites (tertiary alicyclic amines) is 1. The molecular weight excluding hydrogens is 375 g/mol. The van der Waals surface area contributed by atoms with Crippen LogP contribution in [0, 0.1) is 11.7 Å². The summed E-state index contributed by atoms with van der Waals surface area (Å²) in [6.45, 7) is 3.62. The molecule has 0 saturated carbocycles. The highest BCUT2D eigenvalue weighted by molar-refractivity contribution is 5.95. The van der Waals surface area contributed by atoms with Gasteiger partial charge in [-0.1, -0.05) is 30.3 Å². The first-order valence-electron chi connectivity index (χ1n) is 9.46. The number of esters is 1. The molecule has 1 heterocycles. The molecule has 0 spiro atoms. The van der Waals surface area contributed by atoms with Crippen molar-refractivity contribution in [3.05, 3.63) is 66.0 Å². The predicted octanol–water partition coefficient (Wildman–Crippen LogP) is 3.31. The number of rotatable bonds is 6. The Morgan fingerprint density at radius 3 is 2.41 bits per heavy atom. The van der Waals surface area contributed by atoms with E-state index in [0.717, 1.165) is 5.56 Å². The van der Waals surface area contributed by atoms with Crippen molar-refractivity contribution in [3.63, 3.8) is 0 Å². The number of anilines is 1. The maximum absolute atomic E-state index is 12.9. The van der Waals surface area contributed by atoms with E-state index in [1.165, 1.54) is 31.2 Å². The van der Waals surface area contributed by atoms with Crippen LogP contribution in [0.4, 0.5) is 10.1 Å². The zero-order valence-corrected chi connectivity index (χ0v) is 16.3. The van der Waals surface area contributed by atoms with Gasteiger partial charge in [0.05, 0.1) is 12.0 Å². The second-order valence-electron chi connectivity index (χ2n) is 7.11. The second kappa shape index (κ2) is 8.86. The number of hydrogen-bond acceptors (Lipinski definition) is 4. The van der Waals surface area contributed by atoms with Crippen molar-refractivity contribution in [2.24, 2.45) is 5.92 Å². The lowest BCUT2D eigenvalue weighted by atomic mass is 10.1. The van der Waals surface area contributed by atoms with Crippen LogP contribution in [0.5, 0.6) is 0 Å². The molecule has 1 saturated heterocycles. The van der Waals surface area contributed by atoms with Crippen molar-refractivity contribution in [1.82, 2.24) is 4.90 Å². The van der Waals surface area contributed by atoms with Gasteiger partial charge < -0.3 is 15.0 Å². The van der Waals surface area contributed by atoms with Crippen LogP contribution in [-0.4, -0.2) is 35.3 Å². The minimum Gasteiger partial charge on any atom is -0.452 e. The molecule has 152 valence electrons. The monoisotopic (exact) mass is 398 g/mol. The molecule has 2 aromatic rings. The summed E-state index contributed by atoms with van der Waals surface area (Å²) in [5.74, 6) is -2.25. The van der Waals surface area contributed by atoms with Gasteiger partial charge in [-0.25, -0.2) is 4.39 Å². The Bertz CT molecular complexity index is 885. The Balaban J connectivity index is 1.55. The number of halogens is 1. The number of benzene rings is 2. The molecule has 3 atom stereocenters. The van der Waals surface area contributed by atoms with E-state index in [2.05, 4.69) is 5.32 Å². The average molecular weight is 398 g/mol. The molecule has 0 aromatic heterocycles. The molecule has 0 aliphatic carbocycles. The van der Waals surface area contributed by atoms with E-state index in [0.29, 0.717) is 5.69 Å². The van der Waals surface area contributed by atoms with Gasteiger partial charge in [-0.2, -0.15) is 0 Å². The first-order valence-corrected chi connectivity index (χ1v) is 9.46. The summed E-state index contributed by atoms with van der Waals surface area (Å²) in [6, 6.07) is 14.7. The molecule has 29 heavy (non-hydrogen) atoms. The summed E-state index contributed by atoms with van der Waals surface area (Å²) in [7, 11) is 0. The molecule has 2 aromatic carbocycles. The Kier molecular flexibility index (Phi) is 6.26. The lowest BCUT2D eigenvalue weighted by Gasteiger charge is -2.25. The number of hydrogen-bond donors (Lipinski definition) is 1. The van der Waals surface area contributed by atoms with Gasteiger partial charge in [0.2, 0.25) is 5.91 Å². The van der Waals surface area contributed by atoms with Crippen molar-refractivity contribution in [2.75, 3.05) is 11.9 Å². The second-order valence-corrected chi connectivity index (χ2v) is 7.11. The van der Waals surface area contributed by atoms with E-state index >= 15 is 0 Å². The van der Waals surface area contributed by atoms with Crippen LogP contribution in [0.15, 0.2) is 54.6 Å². The van der Waals surface area contributed by atoms with Gasteiger partial charge in [0.15, 0.2) is 6.10 Å². The molecule has 1 fully saturated rings. The number of amides is 2. The Morgan fingerprint density at radius 2 is 1.76 bits per heavy atom. The summed E-state index contributed by atoms with van der Waals surface area (Å²) in [4.78, 5) is 38.7. The standard InChI is InChI=1S/C22H23FN2O4/c1-14(16-6-4-3-5-7-16)25-13-17(12-20(25)26)22(28)29-15(2)21(27)24-19-10-8-18(23)9-11-19/h3-11,14-15,17H,12-13H2,1-2H3,(H,24,27)/t14-,15-,17+/m0/s1. The fourth-order valence-corrected chi connectivity index (χ4v) is 3.28. The number of nitrogens with zero attached hydrogens (tertiary/aromatic N) is 1. The normalized spacial score (nSPS) is 18.2. The van der Waals surface area contributed by atoms with Gasteiger partial charge in [0.1, 0.15) is 5.82 Å². The third-order valence-corrected chi connectivity index (χ3v) is 5.02. The van der Waals surface area contributed by atoms with Gasteiger partial charge in [-0.05, 0) is 43.7 Å². The van der Waals surface area contributed by atoms with Crippen molar-refractivity contribution < 1.29 is 23.5 Å². The number of carbonyl (C=O) groups excluding carboxylic acids is 3. The SMILES string of the molecule is C[C@H](OC(=O)[C@@H]1CC(=O)N([C@@H](C)c2ccccc2)C1)C(=O)Nc1ccc(F)cc1. The van der Waals surface area contributed by atoms with Crippen LogP contribution < -0.4 is 5.32 Å². The molecule has 3 rings (SSSR count). The van der Waals surface area contributed by atoms with Gasteiger partial charge in [-0.3, -0.25) is 14.4 Å². The number of ether oxygens (including phenoxy) is 1. The van der Waals surface area contributed by atoms with Crippen LogP contribution in [0.25, 0.3) is 0 Å². The fourth-order valence-electron chi connectivity index (χ4n) is 3.28. The minimum absolute atomic E-state index is 0.0578. The molecule has 0 bridgehead atoms. The molecule has 0 unspecified atom stereocenters. The van der Waals surface area contributed by atoms with E-state index in [1.54, 1.807) is 4.90 Å². The lowest BCUT2D eigenvalue weighted by Crippen LogP contribution is -2.33. The smallest absolute Gasteiger partial charge is 0.312 e. The molecular formula is C22H23FN2O4. The third-order valence-electron chi connectivity index (χ3n) is 5.02. The highest BCUT2D eigenvalue weighted by Crippen LogP contribution is 2.29. The Morgan fingerprint density at radius 1 is 1.10 bits per heavy atom. The van der Waals surface area contributed by atoms with E-state index < -0.39 is 29.7 Å². The van der Waals surface area contributed by atoms with Crippen molar-refractivity contribution in [3.8, 4) is 0 Å². The fraction of sp³-hybridized carbons (Fsp3) is 0.318. The third kappa shape index (κ3) is 4.99. The largest absolute Gasteiger partial charge is 0.452 e. The first-order chi connectivity index (χ1) is 13.8. The molecule has 1 aliphatic heterocycles. The topological polar surface area (TPSA) is 75.7 Å². The molecule has 2 amide bonds. The molecule has 1 aliphatic rings. The lowest BCUT2D eigenvalue weighted by molar-refractivity contribution is -0.157. The first kappa shape index (κ1) is 20.5. The maximum Gasteiger partial charge on any atom is 0.312 e. The van der Waals surface area contributed by atoms with Gasteiger partial charge in [0, 0.05) is 18.7 Å². The molecule has 0 radical (unpaired) electrons. The van der Waals surface area contributed by atoms with Crippen molar-refractivity contribution in [2.45, 2.75) is 32.4 Å². The zero-order valence-electron chi connectivity index (χ0n) is 16.3. The van der Waals surface area contributed by atoms with Crippen LogP contribution in [-0.2, 0) is 19.1 Å². The van der Waals surface area contributed by atoms with Gasteiger partial charge in [0.25, 0.3) is 5.91 Å². The Hall–Kier alpha value is -3.22. The molecule has 7 heteroatoms. The van der Waals surface area contributed by atoms with E-state index in [1.807, 2.05) is 37.3 Å². The van der Waals surface area contributed by atoms with E-state index in [-0.39, 0.29) is 24.9 Å². The van der Waals surface area contributed by atoms with Crippen LogP contribution in [0.1, 0.15) is 31.9 Å². The summed E-state index contributed by atoms with van der Waals surface area (Å²) >= 11 is 0. The Labute approximate surface area is 168 Å². The summed E-state index contributed by atoms with van der Waals surface area (Å²) in [5.41, 5.74) is 1.39. The van der Waals surface area contributed by atoms with E-state index in [4.69, 9.17) is 4.74 Å². The van der Waals surface area contributed by atoms with E-state index in [9.17, 15) is 18.8 Å². The minimum atomic E-state index is -1.04. The quantitative estimate of drug-likeness (QED) is 0.758. The molecule has 1 N–H and O–H groups in total.